The maximum atomic E-state index is 13.8. The molecule has 0 bridgehead atoms. The summed E-state index contributed by atoms with van der Waals surface area (Å²) in [5.74, 6) is -0.0807. The molecule has 348 valence electrons. The van der Waals surface area contributed by atoms with Crippen molar-refractivity contribution < 1.29 is 42.5 Å². The minimum atomic E-state index is -0.813. The number of carbonyl (C=O) groups is 4. The molecule has 2 unspecified atom stereocenters. The zero-order valence-electron chi connectivity index (χ0n) is 39.3. The number of halogens is 2. The van der Waals surface area contributed by atoms with Crippen molar-refractivity contribution in [3.63, 3.8) is 0 Å². The molecule has 0 aromatic heterocycles. The summed E-state index contributed by atoms with van der Waals surface area (Å²) in [6, 6.07) is 10.8. The maximum Gasteiger partial charge on any atom is 0.407 e. The summed E-state index contributed by atoms with van der Waals surface area (Å²) in [5.41, 5.74) is 9.05. The van der Waals surface area contributed by atoms with Gasteiger partial charge in [0.05, 0.1) is 6.04 Å². The molecule has 0 fully saturated rings. The fraction of sp³-hybridized carbons (Fsp3) is 0.600. The Labute approximate surface area is 373 Å². The molecule has 2 aliphatic carbocycles. The molecule has 11 nitrogen and oxygen atoms in total. The molecule has 0 saturated heterocycles. The molecule has 6 rings (SSSR count). The number of hydrogen-bond acceptors (Lipinski definition) is 7. The predicted molar refractivity (Wildman–Crippen MR) is 244 cm³/mol. The molecular weight excluding hydrogens is 807 g/mol. The van der Waals surface area contributed by atoms with Gasteiger partial charge in [0.2, 0.25) is 5.91 Å². The minimum Gasteiger partial charge on any atom is -0.481 e. The lowest BCUT2D eigenvalue weighted by Crippen LogP contribution is -2.47. The van der Waals surface area contributed by atoms with E-state index < -0.39 is 29.4 Å². The Morgan fingerprint density at radius 1 is 0.730 bits per heavy atom. The SMILES string of the molecule is CC(C)(C)OC(=O)NCCCCC(=O)O.CC(C)C1C2=C(CCN1C(=O)CCCCNC(=O)OC(C)(C)C)c1cc(F)ccc1C2.CC(C)C1NCCC2=C1Cc1ccc(F)cc12. The summed E-state index contributed by atoms with van der Waals surface area (Å²) in [4.78, 5) is 48.0. The first-order chi connectivity index (χ1) is 29.5. The van der Waals surface area contributed by atoms with E-state index in [1.807, 2.05) is 37.8 Å². The largest absolute Gasteiger partial charge is 0.481 e. The Morgan fingerprint density at radius 3 is 1.70 bits per heavy atom. The molecule has 0 radical (unpaired) electrons. The van der Waals surface area contributed by atoms with E-state index in [1.54, 1.807) is 39.0 Å². The lowest BCUT2D eigenvalue weighted by molar-refractivity contribution is -0.137. The summed E-state index contributed by atoms with van der Waals surface area (Å²) in [5, 5.41) is 17.2. The van der Waals surface area contributed by atoms with E-state index in [0.29, 0.717) is 63.2 Å². The molecule has 4 N–H and O–H groups in total. The number of benzene rings is 2. The van der Waals surface area contributed by atoms with Crippen molar-refractivity contribution in [3.05, 3.63) is 81.4 Å². The number of unbranched alkanes of at least 4 members (excludes halogenated alkanes) is 2. The standard InChI is InChI=1S/C25H35FN2O3.C15H18FN.C10H19NO4/c1-16(2)23-21-14-17-9-10-18(26)15-20(17)19(21)11-13-28(23)22(29)8-6-7-12-27-24(30)31-25(3,4)5;1-9(2)15-14-7-10-3-4-11(16)8-13(10)12(14)5-6-17-15;1-10(2,3)15-9(14)11-7-5-4-6-8(12)13/h9-10,15-16,23H,6-8,11-14H2,1-5H3,(H,27,30);3-4,8-9,15,17H,5-7H2,1-2H3;4-7H2,1-3H3,(H,11,14)(H,12,13). The van der Waals surface area contributed by atoms with Crippen molar-refractivity contribution in [1.29, 1.82) is 0 Å². The zero-order chi connectivity index (χ0) is 46.6. The average molecular weight is 879 g/mol. The van der Waals surface area contributed by atoms with Crippen LogP contribution in [0.25, 0.3) is 11.1 Å². The van der Waals surface area contributed by atoms with Gasteiger partial charge >= 0.3 is 18.2 Å². The first-order valence-corrected chi connectivity index (χ1v) is 22.7. The second-order valence-corrected chi connectivity index (χ2v) is 19.6. The Bertz CT molecular complexity index is 2000. The summed E-state index contributed by atoms with van der Waals surface area (Å²) in [6.45, 7) is 22.3. The summed E-state index contributed by atoms with van der Waals surface area (Å²) in [6.07, 6.45) is 5.98. The number of rotatable bonds is 12. The molecule has 2 heterocycles. The quantitative estimate of drug-likeness (QED) is 0.154. The van der Waals surface area contributed by atoms with E-state index in [9.17, 15) is 28.0 Å². The number of carbonyl (C=O) groups excluding carboxylic acids is 3. The van der Waals surface area contributed by atoms with Crippen LogP contribution in [0.1, 0.15) is 143 Å². The summed E-state index contributed by atoms with van der Waals surface area (Å²) < 4.78 is 37.4. The number of alkyl carbamates (subject to hydrolysis) is 2. The van der Waals surface area contributed by atoms with E-state index in [1.165, 1.54) is 39.5 Å². The van der Waals surface area contributed by atoms with Crippen molar-refractivity contribution in [2.45, 2.75) is 157 Å². The molecule has 13 heteroatoms. The highest BCUT2D eigenvalue weighted by molar-refractivity contribution is 5.83. The third-order valence-corrected chi connectivity index (χ3v) is 11.3. The third-order valence-electron chi connectivity index (χ3n) is 11.3. The van der Waals surface area contributed by atoms with Crippen molar-refractivity contribution in [1.82, 2.24) is 20.9 Å². The van der Waals surface area contributed by atoms with Crippen molar-refractivity contribution in [2.24, 2.45) is 11.8 Å². The van der Waals surface area contributed by atoms with Crippen molar-refractivity contribution >= 4 is 35.2 Å². The van der Waals surface area contributed by atoms with Gasteiger partial charge in [0.25, 0.3) is 0 Å². The highest BCUT2D eigenvalue weighted by atomic mass is 19.1. The Morgan fingerprint density at radius 2 is 1.22 bits per heavy atom. The number of fused-ring (bicyclic) bond motifs is 4. The Balaban J connectivity index is 0.000000229. The number of carboxylic acid groups (broad SMARTS) is 1. The lowest BCUT2D eigenvalue weighted by Gasteiger charge is -2.40. The second-order valence-electron chi connectivity index (χ2n) is 19.6. The molecule has 3 amide bonds. The predicted octanol–water partition coefficient (Wildman–Crippen LogP) is 10.0. The van der Waals surface area contributed by atoms with E-state index in [0.717, 1.165) is 49.8 Å². The fourth-order valence-electron chi connectivity index (χ4n) is 8.78. The fourth-order valence-corrected chi connectivity index (χ4v) is 8.78. The van der Waals surface area contributed by atoms with Gasteiger partial charge in [0.15, 0.2) is 0 Å². The van der Waals surface area contributed by atoms with Gasteiger partial charge in [-0.2, -0.15) is 0 Å². The van der Waals surface area contributed by atoms with Crippen LogP contribution in [0.2, 0.25) is 0 Å². The van der Waals surface area contributed by atoms with Gasteiger partial charge in [0.1, 0.15) is 22.8 Å². The van der Waals surface area contributed by atoms with E-state index >= 15 is 0 Å². The van der Waals surface area contributed by atoms with Crippen LogP contribution in [0.4, 0.5) is 18.4 Å². The number of hydrogen-bond donors (Lipinski definition) is 4. The molecule has 63 heavy (non-hydrogen) atoms. The first kappa shape index (κ1) is 50.9. The minimum absolute atomic E-state index is 0.0617. The van der Waals surface area contributed by atoms with Gasteiger partial charge in [-0.05, 0) is 180 Å². The van der Waals surface area contributed by atoms with Crippen LogP contribution in [0.3, 0.4) is 0 Å². The van der Waals surface area contributed by atoms with E-state index in [2.05, 4.69) is 43.6 Å². The highest BCUT2D eigenvalue weighted by Crippen LogP contribution is 2.43. The number of carboxylic acids is 1. The second kappa shape index (κ2) is 22.7. The molecule has 2 aromatic carbocycles. The average Bonchev–Trinajstić information content (AvgIpc) is 3.73. The molecule has 0 spiro atoms. The van der Waals surface area contributed by atoms with Gasteiger partial charge in [-0.25, -0.2) is 18.4 Å². The van der Waals surface area contributed by atoms with E-state index in [4.69, 9.17) is 14.6 Å². The van der Waals surface area contributed by atoms with Crippen molar-refractivity contribution in [3.8, 4) is 0 Å². The smallest absolute Gasteiger partial charge is 0.407 e. The third kappa shape index (κ3) is 15.5. The van der Waals surface area contributed by atoms with Gasteiger partial charge in [-0.3, -0.25) is 9.59 Å². The van der Waals surface area contributed by atoms with Gasteiger partial charge in [-0.15, -0.1) is 0 Å². The summed E-state index contributed by atoms with van der Waals surface area (Å²) in [7, 11) is 0. The van der Waals surface area contributed by atoms with Crippen LogP contribution in [0.15, 0.2) is 47.5 Å². The Kier molecular flexibility index (Phi) is 18.3. The molecule has 2 aromatic rings. The van der Waals surface area contributed by atoms with Crippen molar-refractivity contribution in [2.75, 3.05) is 26.2 Å². The van der Waals surface area contributed by atoms with Gasteiger partial charge in [0, 0.05) is 38.5 Å². The normalized spacial score (nSPS) is 17.7. The van der Waals surface area contributed by atoms with Crippen LogP contribution < -0.4 is 16.0 Å². The number of nitrogens with zero attached hydrogens (tertiary/aromatic N) is 1. The first-order valence-electron chi connectivity index (χ1n) is 22.7. The van der Waals surface area contributed by atoms with Crippen LogP contribution >= 0.6 is 0 Å². The Hall–Kier alpha value is -4.78. The zero-order valence-corrected chi connectivity index (χ0v) is 39.3. The van der Waals surface area contributed by atoms with Gasteiger partial charge < -0.3 is 35.4 Å². The number of ether oxygens (including phenoxy) is 2. The molecule has 0 saturated carbocycles. The molecule has 4 aliphatic rings. The topological polar surface area (TPSA) is 146 Å². The van der Waals surface area contributed by atoms with Crippen LogP contribution in [-0.2, 0) is 31.9 Å². The monoisotopic (exact) mass is 879 g/mol. The van der Waals surface area contributed by atoms with Crippen LogP contribution in [0, 0.1) is 23.5 Å². The number of nitrogens with one attached hydrogen (secondary N) is 3. The number of aliphatic carboxylic acids is 1. The molecular formula is C50H72F2N4O7. The summed E-state index contributed by atoms with van der Waals surface area (Å²) >= 11 is 0. The maximum absolute atomic E-state index is 13.8. The number of amides is 3. The van der Waals surface area contributed by atoms with Crippen LogP contribution in [-0.4, -0.2) is 83.5 Å². The molecule has 2 atom stereocenters. The lowest BCUT2D eigenvalue weighted by atomic mass is 9.86. The van der Waals surface area contributed by atoms with Crippen LogP contribution in [0.5, 0.6) is 0 Å². The highest BCUT2D eigenvalue weighted by Gasteiger charge is 2.38. The van der Waals surface area contributed by atoms with Gasteiger partial charge in [-0.1, -0.05) is 39.8 Å². The van der Waals surface area contributed by atoms with E-state index in [-0.39, 0.29) is 30.0 Å². The molecule has 2 aliphatic heterocycles.